The second kappa shape index (κ2) is 12.1. The maximum atomic E-state index is 12.4. The Morgan fingerprint density at radius 3 is 2.45 bits per heavy atom. The zero-order valence-corrected chi connectivity index (χ0v) is 19.4. The van der Waals surface area contributed by atoms with Crippen LogP contribution in [0.25, 0.3) is 0 Å². The van der Waals surface area contributed by atoms with E-state index < -0.39 is 6.04 Å². The molecule has 1 aliphatic carbocycles. The molecule has 1 aromatic rings. The Labute approximate surface area is 186 Å². The molecule has 0 bridgehead atoms. The van der Waals surface area contributed by atoms with E-state index >= 15 is 0 Å². The molecule has 0 spiro atoms. The van der Waals surface area contributed by atoms with Gasteiger partial charge in [0.1, 0.15) is 11.8 Å². The summed E-state index contributed by atoms with van der Waals surface area (Å²) in [5.41, 5.74) is 5.97. The molecule has 5 heteroatoms. The van der Waals surface area contributed by atoms with E-state index in [-0.39, 0.29) is 11.8 Å². The first-order valence-electron chi connectivity index (χ1n) is 11.0. The number of fused-ring (bicyclic) bond motifs is 1. The number of benzene rings is 1. The van der Waals surface area contributed by atoms with Crippen molar-refractivity contribution in [3.05, 3.63) is 77.6 Å². The third-order valence-corrected chi connectivity index (χ3v) is 4.89. The molecule has 4 rings (SSSR count). The van der Waals surface area contributed by atoms with Gasteiger partial charge < -0.3 is 10.2 Å². The van der Waals surface area contributed by atoms with Crippen LogP contribution in [-0.4, -0.2) is 24.2 Å². The Bertz CT molecular complexity index is 876. The summed E-state index contributed by atoms with van der Waals surface area (Å²) in [4.78, 5) is 21.9. The summed E-state index contributed by atoms with van der Waals surface area (Å²) in [5.74, 6) is 1.53. The van der Waals surface area contributed by atoms with E-state index in [1.54, 1.807) is 6.21 Å². The number of aryl methyl sites for hydroxylation is 1. The predicted octanol–water partition coefficient (Wildman–Crippen LogP) is 5.53. The highest BCUT2D eigenvalue weighted by atomic mass is 16.7. The van der Waals surface area contributed by atoms with Gasteiger partial charge in [0.2, 0.25) is 5.91 Å². The van der Waals surface area contributed by atoms with Gasteiger partial charge in [-0.1, -0.05) is 69.7 Å². The minimum atomic E-state index is -0.391. The molecule has 5 nitrogen and oxygen atoms in total. The summed E-state index contributed by atoms with van der Waals surface area (Å²) in [6.45, 7) is 12.3. The summed E-state index contributed by atoms with van der Waals surface area (Å²) in [6, 6.07) is 7.77. The molecular weight excluding hydrogens is 386 g/mol. The van der Waals surface area contributed by atoms with Gasteiger partial charge in [-0.3, -0.25) is 9.79 Å². The number of allylic oxidation sites excluding steroid dienone is 5. The molecule has 3 unspecified atom stereocenters. The second-order valence-corrected chi connectivity index (χ2v) is 7.77. The van der Waals surface area contributed by atoms with E-state index in [4.69, 9.17) is 4.84 Å². The summed E-state index contributed by atoms with van der Waals surface area (Å²) >= 11 is 0. The number of nitrogens with one attached hydrogen (secondary N) is 2. The van der Waals surface area contributed by atoms with Crippen molar-refractivity contribution in [2.75, 3.05) is 5.32 Å². The molecule has 0 saturated carbocycles. The maximum absolute atomic E-state index is 12.4. The van der Waals surface area contributed by atoms with E-state index in [0.29, 0.717) is 12.0 Å². The monoisotopic (exact) mass is 421 g/mol. The number of hydrogen-bond donors (Lipinski definition) is 2. The van der Waals surface area contributed by atoms with E-state index in [2.05, 4.69) is 42.6 Å². The van der Waals surface area contributed by atoms with Crippen LogP contribution in [-0.2, 0) is 9.63 Å². The molecule has 166 valence electrons. The highest BCUT2D eigenvalue weighted by molar-refractivity contribution is 5.97. The van der Waals surface area contributed by atoms with Crippen molar-refractivity contribution in [2.45, 2.75) is 53.6 Å². The average Bonchev–Trinajstić information content (AvgIpc) is 3.23. The van der Waals surface area contributed by atoms with E-state index in [0.717, 1.165) is 17.0 Å². The number of nitrogens with zero attached hydrogens (tertiary/aromatic N) is 1. The Morgan fingerprint density at radius 1 is 1.16 bits per heavy atom. The van der Waals surface area contributed by atoms with Crippen LogP contribution in [0.4, 0.5) is 5.69 Å². The fourth-order valence-corrected chi connectivity index (χ4v) is 3.21. The fraction of sp³-hybridized carbons (Fsp3) is 0.385. The summed E-state index contributed by atoms with van der Waals surface area (Å²) in [7, 11) is 0. The quantitative estimate of drug-likeness (QED) is 0.674. The summed E-state index contributed by atoms with van der Waals surface area (Å²) in [5, 5.41) is 2.93. The molecule has 31 heavy (non-hydrogen) atoms. The molecule has 0 saturated heterocycles. The number of anilines is 1. The lowest BCUT2D eigenvalue weighted by molar-refractivity contribution is -0.117. The number of hydrogen-bond acceptors (Lipinski definition) is 4. The van der Waals surface area contributed by atoms with Gasteiger partial charge in [-0.25, -0.2) is 0 Å². The van der Waals surface area contributed by atoms with Crippen molar-refractivity contribution in [1.29, 1.82) is 0 Å². The highest BCUT2D eigenvalue weighted by Gasteiger charge is 2.30. The molecule has 2 aliphatic heterocycles. The highest BCUT2D eigenvalue weighted by Crippen LogP contribution is 2.27. The largest absolute Gasteiger partial charge is 0.413 e. The lowest BCUT2D eigenvalue weighted by Crippen LogP contribution is -2.35. The number of rotatable bonds is 3. The zero-order chi connectivity index (χ0) is 22.8. The SMILES string of the molecule is CC.CC1C=C(C(C)C)ON1.Cc1ccc(NC(=O)C2N=CC=C3C=CC=CC32)cc1. The molecule has 3 aliphatic rings. The molecule has 1 amide bonds. The van der Waals surface area contributed by atoms with Crippen LogP contribution in [0.2, 0.25) is 0 Å². The van der Waals surface area contributed by atoms with Crippen molar-refractivity contribution in [1.82, 2.24) is 5.48 Å². The van der Waals surface area contributed by atoms with Gasteiger partial charge in [0, 0.05) is 23.7 Å². The standard InChI is InChI=1S/C17H16N2O.C7H13NO.C2H6/c1-12-6-8-14(9-7-12)19-17(20)16-15-5-3-2-4-13(15)10-11-18-16;1-5(2)7-4-6(3)8-9-7;1-2/h2-11,15-16H,1H3,(H,19,20);4-6,8H,1-3H3;1-2H3. The van der Waals surface area contributed by atoms with Gasteiger partial charge in [0.25, 0.3) is 0 Å². The number of aliphatic imine (C=N–C) groups is 1. The Morgan fingerprint density at radius 2 is 1.87 bits per heavy atom. The Balaban J connectivity index is 0.000000261. The average molecular weight is 422 g/mol. The van der Waals surface area contributed by atoms with Gasteiger partial charge in [-0.05, 0) is 43.7 Å². The van der Waals surface area contributed by atoms with Crippen molar-refractivity contribution in [3.8, 4) is 0 Å². The normalized spacial score (nSPS) is 22.7. The molecule has 3 atom stereocenters. The van der Waals surface area contributed by atoms with E-state index in [1.165, 1.54) is 5.56 Å². The van der Waals surface area contributed by atoms with Crippen LogP contribution < -0.4 is 10.8 Å². The predicted molar refractivity (Wildman–Crippen MR) is 130 cm³/mol. The Kier molecular flexibility index (Phi) is 9.47. The number of hydroxylamine groups is 1. The molecular formula is C26H35N3O2. The van der Waals surface area contributed by atoms with Gasteiger partial charge in [-0.15, -0.1) is 0 Å². The first-order valence-corrected chi connectivity index (χ1v) is 11.0. The number of amides is 1. The zero-order valence-electron chi connectivity index (χ0n) is 19.4. The number of dihydropyridines is 1. The van der Waals surface area contributed by atoms with Crippen LogP contribution in [0.3, 0.4) is 0 Å². The molecule has 0 fully saturated rings. The van der Waals surface area contributed by atoms with Crippen molar-refractivity contribution in [2.24, 2.45) is 16.8 Å². The number of carbonyl (C=O) groups excluding carboxylic acids is 1. The maximum Gasteiger partial charge on any atom is 0.250 e. The van der Waals surface area contributed by atoms with Crippen LogP contribution in [0.15, 0.2) is 77.0 Å². The van der Waals surface area contributed by atoms with Gasteiger partial charge in [-0.2, -0.15) is 5.48 Å². The molecule has 2 heterocycles. The lowest BCUT2D eigenvalue weighted by Gasteiger charge is -2.25. The van der Waals surface area contributed by atoms with Gasteiger partial charge in [0.15, 0.2) is 0 Å². The van der Waals surface area contributed by atoms with E-state index in [9.17, 15) is 4.79 Å². The fourth-order valence-electron chi connectivity index (χ4n) is 3.21. The molecule has 2 N–H and O–H groups in total. The minimum absolute atomic E-state index is 0.0375. The third-order valence-electron chi connectivity index (χ3n) is 4.89. The first-order chi connectivity index (χ1) is 14.9. The summed E-state index contributed by atoms with van der Waals surface area (Å²) < 4.78 is 0. The van der Waals surface area contributed by atoms with Crippen molar-refractivity contribution in [3.63, 3.8) is 0 Å². The summed E-state index contributed by atoms with van der Waals surface area (Å²) in [6.07, 6.45) is 13.8. The van der Waals surface area contributed by atoms with E-state index in [1.807, 2.05) is 75.4 Å². The van der Waals surface area contributed by atoms with Crippen LogP contribution >= 0.6 is 0 Å². The first kappa shape index (κ1) is 24.4. The van der Waals surface area contributed by atoms with Crippen LogP contribution in [0, 0.1) is 18.8 Å². The minimum Gasteiger partial charge on any atom is -0.413 e. The van der Waals surface area contributed by atoms with Crippen LogP contribution in [0.1, 0.15) is 40.2 Å². The Hall–Kier alpha value is -2.92. The molecule has 0 aromatic heterocycles. The van der Waals surface area contributed by atoms with Gasteiger partial charge >= 0.3 is 0 Å². The van der Waals surface area contributed by atoms with Crippen LogP contribution in [0.5, 0.6) is 0 Å². The second-order valence-electron chi connectivity index (χ2n) is 7.77. The topological polar surface area (TPSA) is 62.7 Å². The number of carbonyl (C=O) groups is 1. The lowest BCUT2D eigenvalue weighted by atomic mass is 9.86. The third kappa shape index (κ3) is 7.07. The van der Waals surface area contributed by atoms with Crippen molar-refractivity contribution < 1.29 is 9.63 Å². The van der Waals surface area contributed by atoms with Gasteiger partial charge in [0.05, 0.1) is 6.04 Å². The molecule has 0 radical (unpaired) electrons. The molecule has 1 aromatic carbocycles. The van der Waals surface area contributed by atoms with Crippen molar-refractivity contribution >= 4 is 17.8 Å². The smallest absolute Gasteiger partial charge is 0.250 e.